The number of ether oxygens (including phenoxy) is 1. The topological polar surface area (TPSA) is 65.9 Å². The molecule has 0 radical (unpaired) electrons. The van der Waals surface area contributed by atoms with Crippen LogP contribution in [0.3, 0.4) is 0 Å². The number of aromatic carboxylic acids is 1. The number of hydrogen-bond donors (Lipinski definition) is 1. The van der Waals surface area contributed by atoms with Gasteiger partial charge in [0, 0.05) is 26.2 Å². The third kappa shape index (κ3) is 6.01. The molecule has 1 unspecified atom stereocenters. The molecule has 0 bridgehead atoms. The van der Waals surface area contributed by atoms with Crippen molar-refractivity contribution in [1.82, 2.24) is 9.88 Å². The summed E-state index contributed by atoms with van der Waals surface area (Å²) in [5.41, 5.74) is 0. The molecular weight excluding hydrogens is 433 g/mol. The number of carboxylic acid groups (broad SMARTS) is 1. The Hall–Kier alpha value is -1.53. The molecule has 0 aromatic carbocycles. The van der Waals surface area contributed by atoms with Crippen LogP contribution in [0, 0.1) is 11.8 Å². The van der Waals surface area contributed by atoms with Gasteiger partial charge in [0.1, 0.15) is 4.88 Å². The SMILES string of the molecule is O=C(O)c1cnc(N2CCN(CC3CCC(C(F)(F)F)CC3)CC2COC(F)F)s1. The van der Waals surface area contributed by atoms with E-state index in [1.807, 2.05) is 0 Å². The predicted octanol–water partition coefficient (Wildman–Crippen LogP) is 3.94. The van der Waals surface area contributed by atoms with E-state index < -0.39 is 30.7 Å². The third-order valence-corrected chi connectivity index (χ3v) is 6.78. The zero-order chi connectivity index (χ0) is 21.9. The molecular formula is C18H24F5N3O3S. The summed E-state index contributed by atoms with van der Waals surface area (Å²) in [7, 11) is 0. The monoisotopic (exact) mass is 457 g/mol. The highest BCUT2D eigenvalue weighted by atomic mass is 32.1. The lowest BCUT2D eigenvalue weighted by Crippen LogP contribution is -2.56. The van der Waals surface area contributed by atoms with Crippen molar-refractivity contribution < 1.29 is 36.6 Å². The number of aromatic nitrogens is 1. The van der Waals surface area contributed by atoms with Crippen molar-refractivity contribution >= 4 is 22.4 Å². The van der Waals surface area contributed by atoms with Gasteiger partial charge in [-0.05, 0) is 31.6 Å². The number of hydrogen-bond acceptors (Lipinski definition) is 6. The lowest BCUT2D eigenvalue weighted by Gasteiger charge is -2.43. The fourth-order valence-corrected chi connectivity index (χ4v) is 5.05. The van der Waals surface area contributed by atoms with E-state index in [0.717, 1.165) is 11.3 Å². The summed E-state index contributed by atoms with van der Waals surface area (Å²) in [5, 5.41) is 9.51. The Kier molecular flexibility index (Phi) is 7.51. The van der Waals surface area contributed by atoms with Gasteiger partial charge in [0.25, 0.3) is 0 Å². The highest BCUT2D eigenvalue weighted by Gasteiger charge is 2.42. The first-order chi connectivity index (χ1) is 14.1. The quantitative estimate of drug-likeness (QED) is 0.626. The van der Waals surface area contributed by atoms with Crippen LogP contribution in [0.4, 0.5) is 27.1 Å². The zero-order valence-electron chi connectivity index (χ0n) is 16.2. The molecule has 1 N–H and O–H groups in total. The van der Waals surface area contributed by atoms with E-state index in [2.05, 4.69) is 14.6 Å². The molecule has 1 aromatic heterocycles. The number of carbonyl (C=O) groups is 1. The Labute approximate surface area is 174 Å². The average Bonchev–Trinajstić information content (AvgIpc) is 3.16. The van der Waals surface area contributed by atoms with Crippen LogP contribution < -0.4 is 4.90 Å². The number of alkyl halides is 5. The molecule has 3 rings (SSSR count). The summed E-state index contributed by atoms with van der Waals surface area (Å²) >= 11 is 0.972. The van der Waals surface area contributed by atoms with Crippen LogP contribution in [0.2, 0.25) is 0 Å². The summed E-state index contributed by atoms with van der Waals surface area (Å²) < 4.78 is 68.3. The fraction of sp³-hybridized carbons (Fsp3) is 0.778. The molecule has 170 valence electrons. The van der Waals surface area contributed by atoms with Gasteiger partial charge < -0.3 is 14.7 Å². The van der Waals surface area contributed by atoms with Crippen molar-refractivity contribution in [2.24, 2.45) is 11.8 Å². The van der Waals surface area contributed by atoms with E-state index in [9.17, 15) is 26.7 Å². The van der Waals surface area contributed by atoms with Crippen molar-refractivity contribution in [3.05, 3.63) is 11.1 Å². The maximum Gasteiger partial charge on any atom is 0.391 e. The predicted molar refractivity (Wildman–Crippen MR) is 100 cm³/mol. The van der Waals surface area contributed by atoms with Crippen molar-refractivity contribution in [2.75, 3.05) is 37.7 Å². The van der Waals surface area contributed by atoms with Crippen molar-refractivity contribution in [2.45, 2.75) is 44.5 Å². The summed E-state index contributed by atoms with van der Waals surface area (Å²) in [4.78, 5) is 19.1. The zero-order valence-corrected chi connectivity index (χ0v) is 17.0. The summed E-state index contributed by atoms with van der Waals surface area (Å²) in [5.74, 6) is -2.19. The van der Waals surface area contributed by atoms with E-state index in [4.69, 9.17) is 5.11 Å². The molecule has 2 aliphatic rings. The molecule has 2 fully saturated rings. The minimum absolute atomic E-state index is 0.0578. The van der Waals surface area contributed by atoms with E-state index in [-0.39, 0.29) is 30.2 Å². The van der Waals surface area contributed by atoms with Crippen LogP contribution in [0.5, 0.6) is 0 Å². The van der Waals surface area contributed by atoms with Crippen molar-refractivity contribution in [1.29, 1.82) is 0 Å². The van der Waals surface area contributed by atoms with Crippen LogP contribution in [-0.2, 0) is 4.74 Å². The van der Waals surface area contributed by atoms with Gasteiger partial charge in [0.05, 0.1) is 24.8 Å². The maximum absolute atomic E-state index is 12.9. The Bertz CT molecular complexity index is 709. The summed E-state index contributed by atoms with van der Waals surface area (Å²) in [6.45, 7) is -1.13. The minimum atomic E-state index is -4.14. The van der Waals surface area contributed by atoms with E-state index in [1.165, 1.54) is 6.20 Å². The fourth-order valence-electron chi connectivity index (χ4n) is 4.20. The van der Waals surface area contributed by atoms with Crippen LogP contribution in [0.1, 0.15) is 35.4 Å². The van der Waals surface area contributed by atoms with Crippen LogP contribution in [0.15, 0.2) is 6.20 Å². The van der Waals surface area contributed by atoms with Gasteiger partial charge in [-0.25, -0.2) is 9.78 Å². The second-order valence-electron chi connectivity index (χ2n) is 7.77. The Morgan fingerprint density at radius 3 is 2.53 bits per heavy atom. The van der Waals surface area contributed by atoms with E-state index in [1.54, 1.807) is 4.90 Å². The molecule has 1 saturated heterocycles. The van der Waals surface area contributed by atoms with E-state index in [0.29, 0.717) is 44.2 Å². The van der Waals surface area contributed by atoms with Crippen molar-refractivity contribution in [3.8, 4) is 0 Å². The number of thiazole rings is 1. The number of halogens is 5. The van der Waals surface area contributed by atoms with Gasteiger partial charge in [-0.15, -0.1) is 0 Å². The highest BCUT2D eigenvalue weighted by Crippen LogP contribution is 2.40. The molecule has 1 aliphatic carbocycles. The molecule has 1 atom stereocenters. The Balaban J connectivity index is 1.59. The van der Waals surface area contributed by atoms with Crippen LogP contribution in [0.25, 0.3) is 0 Å². The molecule has 1 aromatic rings. The number of carboxylic acids is 1. The molecule has 1 aliphatic heterocycles. The normalized spacial score (nSPS) is 26.3. The van der Waals surface area contributed by atoms with E-state index >= 15 is 0 Å². The number of piperazine rings is 1. The summed E-state index contributed by atoms with van der Waals surface area (Å²) in [6, 6.07) is -0.452. The molecule has 1 saturated carbocycles. The molecule has 0 amide bonds. The molecule has 0 spiro atoms. The third-order valence-electron chi connectivity index (χ3n) is 5.76. The smallest absolute Gasteiger partial charge is 0.391 e. The first kappa shape index (κ1) is 23.1. The minimum Gasteiger partial charge on any atom is -0.477 e. The van der Waals surface area contributed by atoms with Crippen LogP contribution >= 0.6 is 11.3 Å². The molecule has 6 nitrogen and oxygen atoms in total. The standard InChI is InChI=1S/C18H24F5N3O3S/c19-16(20)29-10-13-9-25(8-11-1-3-12(4-2-11)18(21,22)23)5-6-26(13)17-24-7-14(30-17)15(27)28/h7,11-13,16H,1-6,8-10H2,(H,27,28). The van der Waals surface area contributed by atoms with Gasteiger partial charge in [0.15, 0.2) is 5.13 Å². The molecule has 2 heterocycles. The first-order valence-electron chi connectivity index (χ1n) is 9.78. The number of nitrogens with zero attached hydrogens (tertiary/aromatic N) is 3. The lowest BCUT2D eigenvalue weighted by atomic mass is 9.81. The number of rotatable bonds is 7. The Morgan fingerprint density at radius 2 is 1.97 bits per heavy atom. The summed E-state index contributed by atoms with van der Waals surface area (Å²) in [6.07, 6.45) is -1.66. The number of anilines is 1. The van der Waals surface area contributed by atoms with Gasteiger partial charge in [-0.2, -0.15) is 22.0 Å². The van der Waals surface area contributed by atoms with Crippen LogP contribution in [-0.4, -0.2) is 72.6 Å². The maximum atomic E-state index is 12.9. The highest BCUT2D eigenvalue weighted by molar-refractivity contribution is 7.17. The first-order valence-corrected chi connectivity index (χ1v) is 10.6. The Morgan fingerprint density at radius 1 is 1.27 bits per heavy atom. The molecule has 30 heavy (non-hydrogen) atoms. The largest absolute Gasteiger partial charge is 0.477 e. The van der Waals surface area contributed by atoms with Crippen molar-refractivity contribution in [3.63, 3.8) is 0 Å². The van der Waals surface area contributed by atoms with Gasteiger partial charge in [-0.3, -0.25) is 4.90 Å². The second kappa shape index (κ2) is 9.73. The average molecular weight is 457 g/mol. The molecule has 12 heteroatoms. The second-order valence-corrected chi connectivity index (χ2v) is 8.78. The van der Waals surface area contributed by atoms with Gasteiger partial charge >= 0.3 is 18.8 Å². The lowest BCUT2D eigenvalue weighted by molar-refractivity contribution is -0.184. The van der Waals surface area contributed by atoms with Gasteiger partial charge in [-0.1, -0.05) is 11.3 Å². The van der Waals surface area contributed by atoms with Gasteiger partial charge in [0.2, 0.25) is 0 Å².